The van der Waals surface area contributed by atoms with E-state index in [2.05, 4.69) is 33.4 Å². The van der Waals surface area contributed by atoms with Gasteiger partial charge in [-0.25, -0.2) is 0 Å². The van der Waals surface area contributed by atoms with Gasteiger partial charge in [-0.2, -0.15) is 0 Å². The van der Waals surface area contributed by atoms with Crippen molar-refractivity contribution in [2.45, 2.75) is 164 Å². The Balaban J connectivity index is 1.07. The first-order valence-corrected chi connectivity index (χ1v) is 19.3. The molecule has 0 aromatic rings. The predicted molar refractivity (Wildman–Crippen MR) is 181 cm³/mol. The lowest BCUT2D eigenvalue weighted by molar-refractivity contribution is 0.240. The zero-order valence-electron chi connectivity index (χ0n) is 27.2. The monoisotopic (exact) mass is 600 g/mol. The fourth-order valence-electron chi connectivity index (χ4n) is 8.78. The molecule has 5 rings (SSSR count). The van der Waals surface area contributed by atoms with Gasteiger partial charge in [-0.15, -0.1) is 11.8 Å². The van der Waals surface area contributed by atoms with Crippen molar-refractivity contribution in [1.29, 1.82) is 5.41 Å². The highest BCUT2D eigenvalue weighted by Gasteiger charge is 2.61. The van der Waals surface area contributed by atoms with E-state index < -0.39 is 0 Å². The third kappa shape index (κ3) is 8.53. The van der Waals surface area contributed by atoms with Crippen molar-refractivity contribution in [3.05, 3.63) is 0 Å². The first-order chi connectivity index (χ1) is 20.6. The second kappa shape index (κ2) is 16.3. The van der Waals surface area contributed by atoms with Crippen molar-refractivity contribution in [2.24, 2.45) is 22.6 Å². The molecule has 3 atom stereocenters. The Hall–Kier alpha value is -1.11. The number of nitrogens with one attached hydrogen (secondary N) is 1. The van der Waals surface area contributed by atoms with Crippen LogP contribution in [-0.4, -0.2) is 75.5 Å². The number of hydrogen-bond donors (Lipinski definition) is 2. The quantitative estimate of drug-likeness (QED) is 0.123. The Bertz CT molecular complexity index is 852. The molecule has 0 aromatic heterocycles. The number of hydrogen-bond acceptors (Lipinski definition) is 5. The van der Waals surface area contributed by atoms with Crippen LogP contribution in [0.1, 0.15) is 148 Å². The van der Waals surface area contributed by atoms with E-state index in [4.69, 9.17) is 16.1 Å². The summed E-state index contributed by atoms with van der Waals surface area (Å²) in [6, 6.07) is 0.562. The molecule has 2 aliphatic carbocycles. The second-order valence-electron chi connectivity index (χ2n) is 14.5. The van der Waals surface area contributed by atoms with Crippen molar-refractivity contribution in [2.75, 3.05) is 32.7 Å². The Morgan fingerprint density at radius 3 is 2.29 bits per heavy atom. The molecule has 240 valence electrons. The van der Waals surface area contributed by atoms with Gasteiger partial charge in [0.1, 0.15) is 4.87 Å². The Morgan fingerprint density at radius 1 is 0.833 bits per heavy atom. The number of guanidine groups is 2. The van der Waals surface area contributed by atoms with Crippen molar-refractivity contribution in [3.8, 4) is 0 Å². The fourth-order valence-corrected chi connectivity index (χ4v) is 10.2. The lowest BCUT2D eigenvalue weighted by atomic mass is 9.84. The SMILES string of the molecule is CCCCCCCN1C(=N)N(CCCC[C@@]23SC2CN=C(N)N3CCCCC2CCCCC2)C[C@@H]1CC1CCCCC1. The molecule has 0 spiro atoms. The minimum Gasteiger partial charge on any atom is -0.370 e. The van der Waals surface area contributed by atoms with Crippen LogP contribution in [0.4, 0.5) is 0 Å². The van der Waals surface area contributed by atoms with E-state index in [0.29, 0.717) is 11.3 Å². The maximum atomic E-state index is 9.14. The molecule has 4 fully saturated rings. The van der Waals surface area contributed by atoms with Gasteiger partial charge in [0, 0.05) is 32.2 Å². The lowest BCUT2D eigenvalue weighted by Crippen LogP contribution is -2.51. The van der Waals surface area contributed by atoms with Gasteiger partial charge in [0.2, 0.25) is 0 Å². The van der Waals surface area contributed by atoms with Gasteiger partial charge in [0.05, 0.1) is 11.8 Å². The number of aliphatic imine (C=N–C) groups is 1. The largest absolute Gasteiger partial charge is 0.370 e. The van der Waals surface area contributed by atoms with Crippen molar-refractivity contribution < 1.29 is 0 Å². The normalized spacial score (nSPS) is 28.8. The molecule has 7 heteroatoms. The van der Waals surface area contributed by atoms with Crippen LogP contribution in [0, 0.1) is 17.2 Å². The average molecular weight is 601 g/mol. The Morgan fingerprint density at radius 2 is 1.52 bits per heavy atom. The van der Waals surface area contributed by atoms with Crippen molar-refractivity contribution in [1.82, 2.24) is 14.7 Å². The summed E-state index contributed by atoms with van der Waals surface area (Å²) in [5.74, 6) is 3.49. The van der Waals surface area contributed by atoms with E-state index in [1.165, 1.54) is 141 Å². The molecule has 3 aliphatic heterocycles. The predicted octanol–water partition coefficient (Wildman–Crippen LogP) is 8.21. The summed E-state index contributed by atoms with van der Waals surface area (Å²) in [4.78, 5) is 12.4. The van der Waals surface area contributed by atoms with Gasteiger partial charge in [-0.1, -0.05) is 110 Å². The van der Waals surface area contributed by atoms with Gasteiger partial charge >= 0.3 is 0 Å². The van der Waals surface area contributed by atoms with Crippen LogP contribution in [0.25, 0.3) is 0 Å². The summed E-state index contributed by atoms with van der Waals surface area (Å²) in [7, 11) is 0. The lowest BCUT2D eigenvalue weighted by Gasteiger charge is -2.35. The summed E-state index contributed by atoms with van der Waals surface area (Å²) in [6.45, 7) is 7.50. The van der Waals surface area contributed by atoms with Crippen LogP contribution in [0.15, 0.2) is 4.99 Å². The molecule has 5 aliphatic rings. The molecule has 42 heavy (non-hydrogen) atoms. The maximum absolute atomic E-state index is 9.14. The van der Waals surface area contributed by atoms with Crippen molar-refractivity contribution in [3.63, 3.8) is 0 Å². The first-order valence-electron chi connectivity index (χ1n) is 18.5. The number of thioether (sulfide) groups is 1. The van der Waals surface area contributed by atoms with Gasteiger partial charge in [0.15, 0.2) is 11.9 Å². The summed E-state index contributed by atoms with van der Waals surface area (Å²) >= 11 is 2.13. The molecule has 0 radical (unpaired) electrons. The highest BCUT2D eigenvalue weighted by atomic mass is 32.2. The zero-order valence-corrected chi connectivity index (χ0v) is 28.0. The molecule has 3 heterocycles. The van der Waals surface area contributed by atoms with Crippen LogP contribution in [0.2, 0.25) is 0 Å². The third-order valence-electron chi connectivity index (χ3n) is 11.4. The van der Waals surface area contributed by atoms with Crippen LogP contribution in [0.5, 0.6) is 0 Å². The summed E-state index contributed by atoms with van der Waals surface area (Å²) < 4.78 is 0. The highest BCUT2D eigenvalue weighted by Crippen LogP contribution is 2.60. The minimum absolute atomic E-state index is 0.212. The minimum atomic E-state index is 0.212. The highest BCUT2D eigenvalue weighted by molar-refractivity contribution is 8.08. The Kier molecular flexibility index (Phi) is 12.5. The standard InChI is InChI=1S/C35H64N6S/c1-2-3-4-5-14-24-40-31(26-30-20-10-7-11-21-30)28-39(34(40)37)23-16-13-22-35-32(42-35)27-38-33(36)41(35)25-15-12-19-29-17-8-6-9-18-29/h29-32,37H,2-28H2,1H3,(H2,36,38)/t31-,32?,35+/m0/s1. The van der Waals surface area contributed by atoms with E-state index in [1.807, 2.05) is 0 Å². The summed E-state index contributed by atoms with van der Waals surface area (Å²) in [6.07, 6.45) is 29.9. The summed E-state index contributed by atoms with van der Waals surface area (Å²) in [5, 5.41) is 9.77. The van der Waals surface area contributed by atoms with Crippen LogP contribution < -0.4 is 5.73 Å². The molecular weight excluding hydrogens is 536 g/mol. The molecule has 2 saturated carbocycles. The molecule has 2 saturated heterocycles. The molecule has 1 unspecified atom stereocenters. The molecular formula is C35H64N6S. The molecule has 6 nitrogen and oxygen atoms in total. The van der Waals surface area contributed by atoms with E-state index in [9.17, 15) is 0 Å². The molecule has 0 aromatic carbocycles. The van der Waals surface area contributed by atoms with E-state index >= 15 is 0 Å². The molecule has 0 bridgehead atoms. The van der Waals surface area contributed by atoms with Gasteiger partial charge in [-0.3, -0.25) is 10.4 Å². The van der Waals surface area contributed by atoms with Gasteiger partial charge < -0.3 is 20.4 Å². The van der Waals surface area contributed by atoms with Gasteiger partial charge in [0.25, 0.3) is 0 Å². The van der Waals surface area contributed by atoms with E-state index in [-0.39, 0.29) is 4.87 Å². The summed E-state index contributed by atoms with van der Waals surface area (Å²) in [5.41, 5.74) is 6.52. The third-order valence-corrected chi connectivity index (χ3v) is 13.1. The van der Waals surface area contributed by atoms with Crippen LogP contribution >= 0.6 is 11.8 Å². The number of fused-ring (bicyclic) bond motifs is 1. The number of nitrogens with zero attached hydrogens (tertiary/aromatic N) is 4. The first kappa shape index (κ1) is 32.3. The number of nitrogens with two attached hydrogens (primary N) is 1. The maximum Gasteiger partial charge on any atom is 0.194 e. The number of unbranched alkanes of at least 4 members (excludes halogenated alkanes) is 6. The zero-order chi connectivity index (χ0) is 29.2. The second-order valence-corrected chi connectivity index (χ2v) is 16.0. The fraction of sp³-hybridized carbons (Fsp3) is 0.943. The van der Waals surface area contributed by atoms with Crippen molar-refractivity contribution >= 4 is 23.7 Å². The smallest absolute Gasteiger partial charge is 0.194 e. The molecule has 0 amide bonds. The topological polar surface area (TPSA) is 72.0 Å². The molecule has 3 N–H and O–H groups in total. The van der Waals surface area contributed by atoms with E-state index in [0.717, 1.165) is 56.5 Å². The van der Waals surface area contributed by atoms with E-state index in [1.54, 1.807) is 0 Å². The van der Waals surface area contributed by atoms with Gasteiger partial charge in [-0.05, 0) is 50.4 Å². The van der Waals surface area contributed by atoms with Crippen LogP contribution in [-0.2, 0) is 0 Å². The van der Waals surface area contributed by atoms with Crippen LogP contribution in [0.3, 0.4) is 0 Å². The Labute approximate surface area is 262 Å². The average Bonchev–Trinajstić information content (AvgIpc) is 3.67. The number of rotatable bonds is 18.